The van der Waals surface area contributed by atoms with Crippen molar-refractivity contribution in [3.05, 3.63) is 82.1 Å². The van der Waals surface area contributed by atoms with Crippen molar-refractivity contribution in [1.82, 2.24) is 19.7 Å². The van der Waals surface area contributed by atoms with Crippen LogP contribution in [-0.4, -0.2) is 47.9 Å². The number of hydrogen-bond acceptors (Lipinski definition) is 6. The van der Waals surface area contributed by atoms with E-state index in [2.05, 4.69) is 10.2 Å². The SMILES string of the molecule is Cc1ccccc1-n1c(O)nnc1-c1cc(C(=O)N(C)Cc2c(F)cccc2Cl)c(O)cc1O. The van der Waals surface area contributed by atoms with E-state index < -0.39 is 23.5 Å². The lowest BCUT2D eigenvalue weighted by Gasteiger charge is -2.20. The van der Waals surface area contributed by atoms with Gasteiger partial charge in [-0.25, -0.2) is 8.96 Å². The van der Waals surface area contributed by atoms with E-state index in [1.54, 1.807) is 12.1 Å². The Labute approximate surface area is 199 Å². The Morgan fingerprint density at radius 3 is 2.50 bits per heavy atom. The molecule has 174 valence electrons. The minimum Gasteiger partial charge on any atom is -0.507 e. The van der Waals surface area contributed by atoms with Crippen LogP contribution in [0.1, 0.15) is 21.5 Å². The Morgan fingerprint density at radius 2 is 1.79 bits per heavy atom. The number of amides is 1. The molecule has 1 aromatic heterocycles. The van der Waals surface area contributed by atoms with Crippen LogP contribution >= 0.6 is 11.6 Å². The summed E-state index contributed by atoms with van der Waals surface area (Å²) in [5, 5.41) is 39.1. The quantitative estimate of drug-likeness (QED) is 0.388. The molecule has 3 N–H and O–H groups in total. The summed E-state index contributed by atoms with van der Waals surface area (Å²) in [6, 6.07) is 13.2. The average Bonchev–Trinajstić information content (AvgIpc) is 3.17. The second-order valence-electron chi connectivity index (χ2n) is 7.69. The summed E-state index contributed by atoms with van der Waals surface area (Å²) in [4.78, 5) is 14.3. The zero-order valence-corrected chi connectivity index (χ0v) is 19.0. The summed E-state index contributed by atoms with van der Waals surface area (Å²) < 4.78 is 15.5. The monoisotopic (exact) mass is 482 g/mol. The van der Waals surface area contributed by atoms with Gasteiger partial charge in [0.2, 0.25) is 0 Å². The molecule has 4 rings (SSSR count). The summed E-state index contributed by atoms with van der Waals surface area (Å²) in [5.74, 6) is -2.02. The number of phenols is 2. The van der Waals surface area contributed by atoms with E-state index in [9.17, 15) is 24.5 Å². The Morgan fingerprint density at radius 1 is 1.06 bits per heavy atom. The molecule has 0 spiro atoms. The number of para-hydroxylation sites is 1. The number of aryl methyl sites for hydroxylation is 1. The van der Waals surface area contributed by atoms with Crippen molar-refractivity contribution in [2.45, 2.75) is 13.5 Å². The fourth-order valence-electron chi connectivity index (χ4n) is 3.61. The second kappa shape index (κ2) is 9.03. The number of benzene rings is 3. The summed E-state index contributed by atoms with van der Waals surface area (Å²) >= 11 is 6.07. The Bertz CT molecular complexity index is 1390. The van der Waals surface area contributed by atoms with Gasteiger partial charge >= 0.3 is 6.01 Å². The van der Waals surface area contributed by atoms with Crippen LogP contribution in [0.25, 0.3) is 17.1 Å². The first-order chi connectivity index (χ1) is 16.2. The summed E-state index contributed by atoms with van der Waals surface area (Å²) in [7, 11) is 1.43. The van der Waals surface area contributed by atoms with Crippen LogP contribution < -0.4 is 0 Å². The topological polar surface area (TPSA) is 112 Å². The molecule has 0 unspecified atom stereocenters. The van der Waals surface area contributed by atoms with Gasteiger partial charge in [0, 0.05) is 30.2 Å². The second-order valence-corrected chi connectivity index (χ2v) is 8.10. The number of hydrogen-bond donors (Lipinski definition) is 3. The summed E-state index contributed by atoms with van der Waals surface area (Å²) in [6.45, 7) is 1.67. The highest BCUT2D eigenvalue weighted by molar-refractivity contribution is 6.31. The van der Waals surface area contributed by atoms with Gasteiger partial charge in [-0.05, 0) is 36.8 Å². The molecule has 4 aromatic rings. The molecule has 0 aliphatic rings. The highest BCUT2D eigenvalue weighted by atomic mass is 35.5. The van der Waals surface area contributed by atoms with Gasteiger partial charge in [-0.2, -0.15) is 0 Å². The zero-order valence-electron chi connectivity index (χ0n) is 18.2. The molecule has 3 aromatic carbocycles. The van der Waals surface area contributed by atoms with Crippen molar-refractivity contribution in [1.29, 1.82) is 0 Å². The molecule has 0 fully saturated rings. The number of phenolic OH excluding ortho intramolecular Hbond substituents is 2. The van der Waals surface area contributed by atoms with E-state index in [0.29, 0.717) is 5.69 Å². The van der Waals surface area contributed by atoms with E-state index in [-0.39, 0.29) is 39.8 Å². The van der Waals surface area contributed by atoms with Crippen molar-refractivity contribution in [2.24, 2.45) is 0 Å². The van der Waals surface area contributed by atoms with Crippen LogP contribution in [0.15, 0.2) is 54.6 Å². The average molecular weight is 483 g/mol. The maximum absolute atomic E-state index is 14.2. The third-order valence-electron chi connectivity index (χ3n) is 5.39. The fourth-order valence-corrected chi connectivity index (χ4v) is 3.84. The molecule has 0 aliphatic carbocycles. The molecular weight excluding hydrogens is 463 g/mol. The standard InChI is InChI=1S/C24H20ClFN4O4/c1-13-6-3-4-9-19(13)30-22(27-28-24(30)34)14-10-15(21(32)11-20(14)31)23(33)29(2)12-16-17(25)7-5-8-18(16)26/h3-11,31-32H,12H2,1-2H3,(H,28,34). The van der Waals surface area contributed by atoms with Gasteiger partial charge in [-0.1, -0.05) is 41.0 Å². The normalized spacial score (nSPS) is 10.9. The first-order valence-corrected chi connectivity index (χ1v) is 10.5. The van der Waals surface area contributed by atoms with Crippen LogP contribution in [0.2, 0.25) is 5.02 Å². The van der Waals surface area contributed by atoms with Crippen LogP contribution in [0.3, 0.4) is 0 Å². The maximum atomic E-state index is 14.2. The van der Waals surface area contributed by atoms with E-state index >= 15 is 0 Å². The van der Waals surface area contributed by atoms with Gasteiger partial charge < -0.3 is 20.2 Å². The molecular formula is C24H20ClFN4O4. The molecule has 0 bridgehead atoms. The Balaban J connectivity index is 1.76. The number of nitrogens with zero attached hydrogens (tertiary/aromatic N) is 4. The van der Waals surface area contributed by atoms with Crippen molar-refractivity contribution >= 4 is 17.5 Å². The van der Waals surface area contributed by atoms with Crippen LogP contribution in [0, 0.1) is 12.7 Å². The van der Waals surface area contributed by atoms with Gasteiger partial charge in [0.15, 0.2) is 5.82 Å². The molecule has 8 nitrogen and oxygen atoms in total. The number of aromatic nitrogens is 3. The predicted octanol–water partition coefficient (Wildman–Crippen LogP) is 4.42. The number of carbonyl (C=O) groups excluding carboxylic acids is 1. The number of carbonyl (C=O) groups is 1. The van der Waals surface area contributed by atoms with Crippen LogP contribution in [0.4, 0.5) is 4.39 Å². The van der Waals surface area contributed by atoms with Crippen LogP contribution in [-0.2, 0) is 6.54 Å². The molecule has 0 saturated carbocycles. The van der Waals surface area contributed by atoms with Crippen molar-refractivity contribution in [3.8, 4) is 34.6 Å². The minimum atomic E-state index is -0.649. The van der Waals surface area contributed by atoms with Gasteiger partial charge in [0.1, 0.15) is 17.3 Å². The molecule has 10 heteroatoms. The first-order valence-electron chi connectivity index (χ1n) is 10.1. The van der Waals surface area contributed by atoms with Gasteiger partial charge in [0.05, 0.1) is 16.8 Å². The fraction of sp³-hybridized carbons (Fsp3) is 0.125. The lowest BCUT2D eigenvalue weighted by atomic mass is 10.1. The Hall–Kier alpha value is -4.11. The Kier molecular flexibility index (Phi) is 6.12. The lowest BCUT2D eigenvalue weighted by Crippen LogP contribution is -2.27. The molecule has 1 heterocycles. The van der Waals surface area contributed by atoms with E-state index in [4.69, 9.17) is 11.6 Å². The van der Waals surface area contributed by atoms with Crippen molar-refractivity contribution < 1.29 is 24.5 Å². The van der Waals surface area contributed by atoms with Crippen LogP contribution in [0.5, 0.6) is 17.5 Å². The van der Waals surface area contributed by atoms with Crippen molar-refractivity contribution in [3.63, 3.8) is 0 Å². The number of aromatic hydroxyl groups is 3. The van der Waals surface area contributed by atoms with E-state index in [0.717, 1.165) is 11.6 Å². The van der Waals surface area contributed by atoms with Crippen molar-refractivity contribution in [2.75, 3.05) is 7.05 Å². The maximum Gasteiger partial charge on any atom is 0.319 e. The lowest BCUT2D eigenvalue weighted by molar-refractivity contribution is 0.0781. The molecule has 0 saturated heterocycles. The zero-order chi connectivity index (χ0) is 24.6. The molecule has 0 aliphatic heterocycles. The van der Waals surface area contributed by atoms with E-state index in [1.165, 1.54) is 40.8 Å². The number of rotatable bonds is 5. The molecule has 0 radical (unpaired) electrons. The predicted molar refractivity (Wildman–Crippen MR) is 124 cm³/mol. The highest BCUT2D eigenvalue weighted by Gasteiger charge is 2.25. The molecule has 0 atom stereocenters. The number of halogens is 2. The third kappa shape index (κ3) is 4.13. The summed E-state index contributed by atoms with van der Waals surface area (Å²) in [5.41, 5.74) is 1.38. The molecule has 1 amide bonds. The minimum absolute atomic E-state index is 0.0505. The van der Waals surface area contributed by atoms with Gasteiger partial charge in [-0.3, -0.25) is 4.79 Å². The first kappa shape index (κ1) is 23.1. The van der Waals surface area contributed by atoms with Gasteiger partial charge in [-0.15, -0.1) is 5.10 Å². The third-order valence-corrected chi connectivity index (χ3v) is 5.75. The highest BCUT2D eigenvalue weighted by Crippen LogP contribution is 2.37. The largest absolute Gasteiger partial charge is 0.507 e. The van der Waals surface area contributed by atoms with Gasteiger partial charge in [0.25, 0.3) is 5.91 Å². The summed E-state index contributed by atoms with van der Waals surface area (Å²) in [6.07, 6.45) is 0. The smallest absolute Gasteiger partial charge is 0.319 e. The molecule has 34 heavy (non-hydrogen) atoms. The van der Waals surface area contributed by atoms with E-state index in [1.807, 2.05) is 19.1 Å².